The van der Waals surface area contributed by atoms with Crippen molar-refractivity contribution in [2.45, 2.75) is 4.90 Å². The molecule has 0 N–H and O–H groups in total. The summed E-state index contributed by atoms with van der Waals surface area (Å²) in [5, 5.41) is 0. The van der Waals surface area contributed by atoms with Crippen molar-refractivity contribution in [2.75, 3.05) is 12.9 Å². The first-order valence-corrected chi connectivity index (χ1v) is 7.36. The molecule has 0 aliphatic rings. The SMILES string of the molecule is C=C(COS(C)(=O)=O)[S@](=O)c1ccccc1. The maximum atomic E-state index is 11.8. The Labute approximate surface area is 97.5 Å². The molecule has 0 spiro atoms. The van der Waals surface area contributed by atoms with Crippen LogP contribution in [0.4, 0.5) is 0 Å². The fourth-order valence-electron chi connectivity index (χ4n) is 0.937. The summed E-state index contributed by atoms with van der Waals surface area (Å²) in [6.45, 7) is 3.28. The van der Waals surface area contributed by atoms with Crippen molar-refractivity contribution in [1.29, 1.82) is 0 Å². The van der Waals surface area contributed by atoms with Crippen LogP contribution in [0.5, 0.6) is 0 Å². The third-order valence-corrected chi connectivity index (χ3v) is 3.54. The Morgan fingerprint density at radius 2 is 1.94 bits per heavy atom. The third kappa shape index (κ3) is 4.26. The van der Waals surface area contributed by atoms with E-state index in [0.29, 0.717) is 4.90 Å². The second kappa shape index (κ2) is 5.38. The molecule has 0 radical (unpaired) electrons. The molecule has 88 valence electrons. The summed E-state index contributed by atoms with van der Waals surface area (Å²) in [6, 6.07) is 8.66. The van der Waals surface area contributed by atoms with Crippen LogP contribution < -0.4 is 0 Å². The molecule has 0 aliphatic heterocycles. The minimum atomic E-state index is -3.53. The lowest BCUT2D eigenvalue weighted by molar-refractivity contribution is 0.359. The van der Waals surface area contributed by atoms with Gasteiger partial charge >= 0.3 is 0 Å². The molecule has 1 rings (SSSR count). The molecule has 0 saturated heterocycles. The standard InChI is InChI=1S/C10H12O4S2/c1-9(8-14-16(2,12)13)15(11)10-6-4-3-5-7-10/h3-7H,1,8H2,2H3/t15-/m0/s1. The van der Waals surface area contributed by atoms with Crippen LogP contribution in [0, 0.1) is 0 Å². The summed E-state index contributed by atoms with van der Waals surface area (Å²) in [5.74, 6) is 0. The lowest BCUT2D eigenvalue weighted by Gasteiger charge is -2.05. The van der Waals surface area contributed by atoms with E-state index in [1.165, 1.54) is 0 Å². The number of hydrogen-bond donors (Lipinski definition) is 0. The van der Waals surface area contributed by atoms with Crippen LogP contribution >= 0.6 is 0 Å². The molecule has 6 heteroatoms. The first-order chi connectivity index (χ1) is 7.40. The van der Waals surface area contributed by atoms with E-state index < -0.39 is 20.9 Å². The largest absolute Gasteiger partial charge is 0.265 e. The normalized spacial score (nSPS) is 13.3. The van der Waals surface area contributed by atoms with Gasteiger partial charge in [-0.25, -0.2) is 4.21 Å². The Bertz CT molecular complexity index is 491. The zero-order chi connectivity index (χ0) is 12.2. The lowest BCUT2D eigenvalue weighted by Crippen LogP contribution is -2.08. The van der Waals surface area contributed by atoms with Crippen molar-refractivity contribution in [3.05, 3.63) is 41.8 Å². The number of rotatable bonds is 5. The highest BCUT2D eigenvalue weighted by molar-refractivity contribution is 7.89. The van der Waals surface area contributed by atoms with Gasteiger partial charge in [0.2, 0.25) is 0 Å². The molecule has 1 aromatic rings. The summed E-state index contributed by atoms with van der Waals surface area (Å²) in [4.78, 5) is 0.793. The van der Waals surface area contributed by atoms with Crippen molar-refractivity contribution in [3.63, 3.8) is 0 Å². The van der Waals surface area contributed by atoms with Crippen molar-refractivity contribution in [2.24, 2.45) is 0 Å². The van der Waals surface area contributed by atoms with E-state index in [1.54, 1.807) is 30.3 Å². The maximum Gasteiger partial charge on any atom is 0.264 e. The second-order valence-electron chi connectivity index (χ2n) is 3.09. The zero-order valence-corrected chi connectivity index (χ0v) is 10.4. The quantitative estimate of drug-likeness (QED) is 0.748. The smallest absolute Gasteiger partial charge is 0.264 e. The van der Waals surface area contributed by atoms with E-state index in [1.807, 2.05) is 0 Å². The molecule has 0 heterocycles. The van der Waals surface area contributed by atoms with Crippen LogP contribution in [-0.2, 0) is 25.1 Å². The predicted octanol–water partition coefficient (Wildman–Crippen LogP) is 1.28. The Hall–Kier alpha value is -0.980. The van der Waals surface area contributed by atoms with E-state index in [4.69, 9.17) is 0 Å². The van der Waals surface area contributed by atoms with Crippen molar-refractivity contribution < 1.29 is 16.8 Å². The second-order valence-corrected chi connectivity index (χ2v) is 6.32. The van der Waals surface area contributed by atoms with Gasteiger partial charge in [0.25, 0.3) is 10.1 Å². The highest BCUT2D eigenvalue weighted by Gasteiger charge is 2.10. The molecule has 0 fully saturated rings. The van der Waals surface area contributed by atoms with E-state index in [2.05, 4.69) is 10.8 Å². The Morgan fingerprint density at radius 3 is 2.44 bits per heavy atom. The highest BCUT2D eigenvalue weighted by Crippen LogP contribution is 2.13. The molecule has 0 amide bonds. The summed E-state index contributed by atoms with van der Waals surface area (Å²) < 4.78 is 37.8. The first-order valence-electron chi connectivity index (χ1n) is 4.39. The van der Waals surface area contributed by atoms with Gasteiger partial charge in [0, 0.05) is 9.80 Å². The van der Waals surface area contributed by atoms with Gasteiger partial charge in [-0.15, -0.1) is 0 Å². The Morgan fingerprint density at radius 1 is 1.38 bits per heavy atom. The number of benzene rings is 1. The fraction of sp³-hybridized carbons (Fsp3) is 0.200. The molecule has 1 aromatic carbocycles. The monoisotopic (exact) mass is 260 g/mol. The molecule has 16 heavy (non-hydrogen) atoms. The van der Waals surface area contributed by atoms with Gasteiger partial charge in [0.15, 0.2) is 0 Å². The van der Waals surface area contributed by atoms with Gasteiger partial charge < -0.3 is 0 Å². The molecule has 4 nitrogen and oxygen atoms in total. The molecule has 0 unspecified atom stereocenters. The summed E-state index contributed by atoms with van der Waals surface area (Å²) in [7, 11) is -4.98. The molecule has 0 bridgehead atoms. The van der Waals surface area contributed by atoms with Gasteiger partial charge in [-0.1, -0.05) is 24.8 Å². The van der Waals surface area contributed by atoms with Crippen LogP contribution in [0.2, 0.25) is 0 Å². The Kier molecular flexibility index (Phi) is 4.40. The van der Waals surface area contributed by atoms with Crippen LogP contribution in [0.25, 0.3) is 0 Å². The molecule has 1 atom stereocenters. The lowest BCUT2D eigenvalue weighted by atomic mass is 10.4. The molecular formula is C10H12O4S2. The van der Waals surface area contributed by atoms with Crippen molar-refractivity contribution in [1.82, 2.24) is 0 Å². The minimum Gasteiger partial charge on any atom is -0.265 e. The van der Waals surface area contributed by atoms with Crippen LogP contribution in [-0.4, -0.2) is 25.5 Å². The summed E-state index contributed by atoms with van der Waals surface area (Å²) >= 11 is 0. The summed E-state index contributed by atoms with van der Waals surface area (Å²) in [6.07, 6.45) is 0.936. The van der Waals surface area contributed by atoms with Crippen LogP contribution in [0.1, 0.15) is 0 Å². The highest BCUT2D eigenvalue weighted by atomic mass is 32.2. The van der Waals surface area contributed by atoms with Crippen molar-refractivity contribution in [3.8, 4) is 0 Å². The molecule has 0 saturated carbocycles. The van der Waals surface area contributed by atoms with Gasteiger partial charge in [-0.05, 0) is 12.1 Å². The zero-order valence-electron chi connectivity index (χ0n) is 8.75. The average Bonchev–Trinajstić information content (AvgIpc) is 2.25. The maximum absolute atomic E-state index is 11.8. The molecular weight excluding hydrogens is 248 g/mol. The van der Waals surface area contributed by atoms with E-state index >= 15 is 0 Å². The van der Waals surface area contributed by atoms with Gasteiger partial charge in [-0.2, -0.15) is 8.42 Å². The summed E-state index contributed by atoms with van der Waals surface area (Å²) in [5.41, 5.74) is 0. The van der Waals surface area contributed by atoms with E-state index in [0.717, 1.165) is 6.26 Å². The predicted molar refractivity (Wildman–Crippen MR) is 62.8 cm³/mol. The fourth-order valence-corrected chi connectivity index (χ4v) is 2.27. The molecule has 0 aromatic heterocycles. The van der Waals surface area contributed by atoms with Crippen molar-refractivity contribution >= 4 is 20.9 Å². The van der Waals surface area contributed by atoms with Crippen LogP contribution in [0.15, 0.2) is 46.7 Å². The van der Waals surface area contributed by atoms with Crippen LogP contribution in [0.3, 0.4) is 0 Å². The third-order valence-electron chi connectivity index (χ3n) is 1.65. The first kappa shape index (κ1) is 13.1. The average molecular weight is 260 g/mol. The minimum absolute atomic E-state index is 0.219. The molecule has 0 aliphatic carbocycles. The Balaban J connectivity index is 2.66. The van der Waals surface area contributed by atoms with Gasteiger partial charge in [-0.3, -0.25) is 4.18 Å². The topological polar surface area (TPSA) is 60.4 Å². The number of hydrogen-bond acceptors (Lipinski definition) is 4. The van der Waals surface area contributed by atoms with Gasteiger partial charge in [0.1, 0.15) is 0 Å². The van der Waals surface area contributed by atoms with E-state index in [9.17, 15) is 12.6 Å². The van der Waals surface area contributed by atoms with Gasteiger partial charge in [0.05, 0.1) is 23.7 Å². The van der Waals surface area contributed by atoms with E-state index in [-0.39, 0.29) is 11.5 Å².